The summed E-state index contributed by atoms with van der Waals surface area (Å²) < 4.78 is 17.2. The minimum absolute atomic E-state index is 0.0588. The highest BCUT2D eigenvalue weighted by atomic mass is 16.5. The second-order valence-electron chi connectivity index (χ2n) is 7.88. The maximum absolute atomic E-state index is 13.6. The number of amides is 1. The number of carbonyl (C=O) groups excluding carboxylic acids is 1. The maximum Gasteiger partial charge on any atom is 0.291 e. The normalized spacial score (nSPS) is 14.8. The first-order chi connectivity index (χ1) is 16.6. The molecule has 1 amide bonds. The first kappa shape index (κ1) is 21.5. The second kappa shape index (κ2) is 8.86. The van der Waals surface area contributed by atoms with E-state index in [-0.39, 0.29) is 23.6 Å². The molecule has 2 aromatic carbocycles. The fraction of sp³-hybridized carbons (Fsp3) is 0.148. The van der Waals surface area contributed by atoms with Crippen molar-refractivity contribution in [1.29, 1.82) is 0 Å². The number of ether oxygens (including phenoxy) is 2. The van der Waals surface area contributed by atoms with Gasteiger partial charge in [-0.15, -0.1) is 0 Å². The first-order valence-electron chi connectivity index (χ1n) is 10.8. The van der Waals surface area contributed by atoms with Gasteiger partial charge in [-0.2, -0.15) is 0 Å². The highest BCUT2D eigenvalue weighted by Crippen LogP contribution is 2.41. The van der Waals surface area contributed by atoms with Crippen LogP contribution in [0.2, 0.25) is 0 Å². The summed E-state index contributed by atoms with van der Waals surface area (Å²) in [5.74, 6) is 0.744. The lowest BCUT2D eigenvalue weighted by Gasteiger charge is -2.25. The summed E-state index contributed by atoms with van der Waals surface area (Å²) in [6.45, 7) is 4.25. The average molecular weight is 454 g/mol. The quantitative estimate of drug-likeness (QED) is 0.382. The number of hydrogen-bond donors (Lipinski definition) is 0. The summed E-state index contributed by atoms with van der Waals surface area (Å²) in [6.07, 6.45) is 5.02. The molecule has 1 atom stereocenters. The van der Waals surface area contributed by atoms with E-state index in [0.717, 1.165) is 5.56 Å². The van der Waals surface area contributed by atoms with Crippen molar-refractivity contribution in [3.05, 3.63) is 112 Å². The van der Waals surface area contributed by atoms with Gasteiger partial charge >= 0.3 is 0 Å². The van der Waals surface area contributed by atoms with Crippen LogP contribution >= 0.6 is 0 Å². The molecule has 7 nitrogen and oxygen atoms in total. The molecule has 0 radical (unpaired) electrons. The van der Waals surface area contributed by atoms with Crippen molar-refractivity contribution < 1.29 is 18.7 Å². The van der Waals surface area contributed by atoms with E-state index in [1.165, 1.54) is 0 Å². The van der Waals surface area contributed by atoms with Crippen LogP contribution in [0.15, 0.2) is 88.9 Å². The van der Waals surface area contributed by atoms with Gasteiger partial charge in [0.05, 0.1) is 24.1 Å². The molecule has 1 aliphatic rings. The van der Waals surface area contributed by atoms with Crippen LogP contribution in [0.4, 0.5) is 0 Å². The van der Waals surface area contributed by atoms with Gasteiger partial charge in [0.2, 0.25) is 5.76 Å². The second-order valence-corrected chi connectivity index (χ2v) is 7.88. The SMILES string of the molecule is C=CCOc1ccc([C@H]2c3c(oc4ccccc4c3=O)C(=O)N2Cc2cccnc2)cc1OC. The number of methoxy groups -OCH3 is 1. The molecule has 0 bridgehead atoms. The number of pyridine rings is 1. The Hall–Kier alpha value is -4.39. The first-order valence-corrected chi connectivity index (χ1v) is 10.8. The predicted octanol–water partition coefficient (Wildman–Crippen LogP) is 4.51. The molecule has 0 unspecified atom stereocenters. The third-order valence-corrected chi connectivity index (χ3v) is 5.81. The van der Waals surface area contributed by atoms with E-state index in [1.807, 2.05) is 18.2 Å². The molecule has 170 valence electrons. The summed E-state index contributed by atoms with van der Waals surface area (Å²) >= 11 is 0. The summed E-state index contributed by atoms with van der Waals surface area (Å²) in [7, 11) is 1.54. The van der Waals surface area contributed by atoms with E-state index in [4.69, 9.17) is 13.9 Å². The third-order valence-electron chi connectivity index (χ3n) is 5.81. The lowest BCUT2D eigenvalue weighted by Crippen LogP contribution is -2.29. The number of hydrogen-bond acceptors (Lipinski definition) is 6. The number of nitrogens with zero attached hydrogens (tertiary/aromatic N) is 2. The topological polar surface area (TPSA) is 81.9 Å². The Labute approximate surface area is 195 Å². The summed E-state index contributed by atoms with van der Waals surface area (Å²) in [5, 5.41) is 0.431. The molecule has 2 aromatic heterocycles. The van der Waals surface area contributed by atoms with Crippen molar-refractivity contribution in [3.63, 3.8) is 0 Å². The Kier molecular flexibility index (Phi) is 5.59. The van der Waals surface area contributed by atoms with Crippen LogP contribution in [0.3, 0.4) is 0 Å². The van der Waals surface area contributed by atoms with Gasteiger partial charge in [-0.25, -0.2) is 0 Å². The molecule has 4 aromatic rings. The van der Waals surface area contributed by atoms with Crippen molar-refractivity contribution in [3.8, 4) is 11.5 Å². The molecule has 0 saturated carbocycles. The van der Waals surface area contributed by atoms with E-state index in [0.29, 0.717) is 40.2 Å². The van der Waals surface area contributed by atoms with Gasteiger partial charge in [0, 0.05) is 18.9 Å². The lowest BCUT2D eigenvalue weighted by molar-refractivity contribution is 0.0714. The monoisotopic (exact) mass is 454 g/mol. The molecule has 0 spiro atoms. The van der Waals surface area contributed by atoms with E-state index in [2.05, 4.69) is 11.6 Å². The fourth-order valence-electron chi connectivity index (χ4n) is 4.29. The van der Waals surface area contributed by atoms with Crippen molar-refractivity contribution in [2.45, 2.75) is 12.6 Å². The van der Waals surface area contributed by atoms with E-state index < -0.39 is 6.04 Å². The van der Waals surface area contributed by atoms with Gasteiger partial charge in [-0.1, -0.05) is 36.9 Å². The van der Waals surface area contributed by atoms with Crippen LogP contribution in [-0.2, 0) is 6.54 Å². The molecule has 0 N–H and O–H groups in total. The molecule has 0 aliphatic carbocycles. The Morgan fingerprint density at radius 1 is 1.12 bits per heavy atom. The average Bonchev–Trinajstić information content (AvgIpc) is 3.15. The van der Waals surface area contributed by atoms with Gasteiger partial charge in [0.25, 0.3) is 5.91 Å². The minimum atomic E-state index is -0.661. The van der Waals surface area contributed by atoms with E-state index in [9.17, 15) is 9.59 Å². The Balaban J connectivity index is 1.69. The molecule has 7 heteroatoms. The van der Waals surface area contributed by atoms with Crippen LogP contribution in [-0.4, -0.2) is 29.5 Å². The molecule has 34 heavy (non-hydrogen) atoms. The van der Waals surface area contributed by atoms with Gasteiger partial charge in [0.1, 0.15) is 12.2 Å². The Bertz CT molecular complexity index is 1440. The van der Waals surface area contributed by atoms with Crippen LogP contribution in [0.25, 0.3) is 11.0 Å². The lowest BCUT2D eigenvalue weighted by atomic mass is 9.98. The molecule has 0 fully saturated rings. The van der Waals surface area contributed by atoms with Gasteiger partial charge < -0.3 is 18.8 Å². The van der Waals surface area contributed by atoms with Crippen LogP contribution in [0, 0.1) is 0 Å². The summed E-state index contributed by atoms with van der Waals surface area (Å²) in [6, 6.07) is 15.4. The van der Waals surface area contributed by atoms with Gasteiger partial charge in [-0.3, -0.25) is 14.6 Å². The van der Waals surface area contributed by atoms with Crippen molar-refractivity contribution in [2.75, 3.05) is 13.7 Å². The van der Waals surface area contributed by atoms with Crippen LogP contribution < -0.4 is 14.9 Å². The smallest absolute Gasteiger partial charge is 0.291 e. The highest BCUT2D eigenvalue weighted by Gasteiger charge is 2.43. The summed E-state index contributed by atoms with van der Waals surface area (Å²) in [4.78, 5) is 32.9. The minimum Gasteiger partial charge on any atom is -0.493 e. The number of fused-ring (bicyclic) bond motifs is 2. The number of carbonyl (C=O) groups is 1. The fourth-order valence-corrected chi connectivity index (χ4v) is 4.29. The Morgan fingerprint density at radius 2 is 1.97 bits per heavy atom. The summed E-state index contributed by atoms with van der Waals surface area (Å²) in [5.41, 5.74) is 2.02. The van der Waals surface area contributed by atoms with Gasteiger partial charge in [-0.05, 0) is 41.5 Å². The predicted molar refractivity (Wildman–Crippen MR) is 127 cm³/mol. The van der Waals surface area contributed by atoms with Gasteiger partial charge in [0.15, 0.2) is 16.9 Å². The van der Waals surface area contributed by atoms with Crippen molar-refractivity contribution in [1.82, 2.24) is 9.88 Å². The number of aromatic nitrogens is 1. The molecular formula is C27H22N2O5. The number of para-hydroxylation sites is 1. The standard InChI is InChI=1S/C27H22N2O5/c1-3-13-33-21-11-10-18(14-22(21)32-2)24-23-25(30)19-8-4-5-9-20(19)34-26(23)27(31)29(24)16-17-7-6-12-28-15-17/h3-12,14-15,24H,1,13,16H2,2H3/t24-/m0/s1. The zero-order valence-electron chi connectivity index (χ0n) is 18.6. The largest absolute Gasteiger partial charge is 0.493 e. The maximum atomic E-state index is 13.6. The molecular weight excluding hydrogens is 432 g/mol. The van der Waals surface area contributed by atoms with E-state index >= 15 is 0 Å². The zero-order chi connectivity index (χ0) is 23.7. The van der Waals surface area contributed by atoms with Crippen LogP contribution in [0.1, 0.15) is 33.3 Å². The molecule has 3 heterocycles. The Morgan fingerprint density at radius 3 is 2.74 bits per heavy atom. The molecule has 5 rings (SSSR count). The molecule has 1 aliphatic heterocycles. The van der Waals surface area contributed by atoms with Crippen molar-refractivity contribution in [2.24, 2.45) is 0 Å². The van der Waals surface area contributed by atoms with Crippen LogP contribution in [0.5, 0.6) is 11.5 Å². The van der Waals surface area contributed by atoms with Crippen molar-refractivity contribution >= 4 is 16.9 Å². The van der Waals surface area contributed by atoms with E-state index in [1.54, 1.807) is 66.9 Å². The third kappa shape index (κ3) is 3.61. The highest BCUT2D eigenvalue weighted by molar-refractivity contribution is 5.99. The zero-order valence-corrected chi connectivity index (χ0v) is 18.6. The molecule has 0 saturated heterocycles. The number of rotatable bonds is 7. The number of benzene rings is 2.